The Labute approximate surface area is 120 Å². The zero-order valence-corrected chi connectivity index (χ0v) is 11.3. The first-order chi connectivity index (χ1) is 8.89. The van der Waals surface area contributed by atoms with Crippen molar-refractivity contribution < 1.29 is 23.4 Å². The number of piperazine rings is 1. The minimum atomic E-state index is -4.48. The van der Waals surface area contributed by atoms with Crippen molar-refractivity contribution in [2.45, 2.75) is 12.2 Å². The molecule has 0 spiro atoms. The molecule has 0 saturated carbocycles. The molecule has 0 aliphatic carbocycles. The number of alkyl halides is 3. The molecule has 0 unspecified atom stereocenters. The number of phenolic OH excluding ortho intramolecular Hbond substituents is 2. The monoisotopic (exact) mass is 312 g/mol. The molecule has 0 aromatic heterocycles. The van der Waals surface area contributed by atoms with Gasteiger partial charge in [-0.1, -0.05) is 0 Å². The van der Waals surface area contributed by atoms with Crippen molar-refractivity contribution >= 4 is 12.4 Å². The van der Waals surface area contributed by atoms with Crippen LogP contribution in [0.1, 0.15) is 11.6 Å². The molecule has 1 aromatic carbocycles. The minimum absolute atomic E-state index is 0. The van der Waals surface area contributed by atoms with Crippen LogP contribution in [-0.4, -0.2) is 47.5 Å². The van der Waals surface area contributed by atoms with E-state index in [2.05, 4.69) is 5.32 Å². The molecular formula is C12H16ClF3N2O2. The highest BCUT2D eigenvalue weighted by molar-refractivity contribution is 5.85. The lowest BCUT2D eigenvalue weighted by Crippen LogP contribution is -2.49. The van der Waals surface area contributed by atoms with Gasteiger partial charge in [-0.2, -0.15) is 13.2 Å². The first kappa shape index (κ1) is 16.9. The van der Waals surface area contributed by atoms with E-state index in [9.17, 15) is 18.3 Å². The van der Waals surface area contributed by atoms with E-state index in [-0.39, 0.29) is 36.8 Å². The molecule has 0 amide bonds. The maximum atomic E-state index is 13.2. The van der Waals surface area contributed by atoms with E-state index in [0.717, 1.165) is 18.2 Å². The summed E-state index contributed by atoms with van der Waals surface area (Å²) in [5.74, 6) is -0.802. The number of halogens is 4. The highest BCUT2D eigenvalue weighted by Gasteiger charge is 2.46. The van der Waals surface area contributed by atoms with Gasteiger partial charge in [0, 0.05) is 37.8 Å². The molecule has 1 saturated heterocycles. The molecule has 1 aliphatic heterocycles. The fourth-order valence-electron chi connectivity index (χ4n) is 2.28. The number of phenols is 2. The van der Waals surface area contributed by atoms with E-state index in [0.29, 0.717) is 13.1 Å². The molecule has 1 fully saturated rings. The van der Waals surface area contributed by atoms with Crippen LogP contribution in [0.4, 0.5) is 13.2 Å². The molecular weight excluding hydrogens is 297 g/mol. The summed E-state index contributed by atoms with van der Waals surface area (Å²) >= 11 is 0. The molecule has 0 bridgehead atoms. The van der Waals surface area contributed by atoms with Gasteiger partial charge in [0.05, 0.1) is 0 Å². The summed E-state index contributed by atoms with van der Waals surface area (Å²) in [7, 11) is 0. The Morgan fingerprint density at radius 1 is 1.15 bits per heavy atom. The van der Waals surface area contributed by atoms with Gasteiger partial charge in [-0.15, -0.1) is 12.4 Å². The van der Waals surface area contributed by atoms with Crippen molar-refractivity contribution in [1.82, 2.24) is 10.2 Å². The third-order valence-electron chi connectivity index (χ3n) is 3.14. The molecule has 1 heterocycles. The van der Waals surface area contributed by atoms with Crippen molar-refractivity contribution in [2.75, 3.05) is 26.2 Å². The largest absolute Gasteiger partial charge is 0.508 e. The van der Waals surface area contributed by atoms with Crippen LogP contribution in [0.25, 0.3) is 0 Å². The predicted molar refractivity (Wildman–Crippen MR) is 70.3 cm³/mol. The van der Waals surface area contributed by atoms with Gasteiger partial charge in [-0.3, -0.25) is 4.90 Å². The Kier molecular flexibility index (Phi) is 5.50. The van der Waals surface area contributed by atoms with Crippen molar-refractivity contribution in [3.63, 3.8) is 0 Å². The van der Waals surface area contributed by atoms with E-state index >= 15 is 0 Å². The van der Waals surface area contributed by atoms with Gasteiger partial charge in [-0.25, -0.2) is 0 Å². The topological polar surface area (TPSA) is 55.7 Å². The maximum Gasteiger partial charge on any atom is 0.408 e. The van der Waals surface area contributed by atoms with E-state index in [1.54, 1.807) is 0 Å². The number of rotatable bonds is 2. The average Bonchev–Trinajstić information content (AvgIpc) is 2.32. The third kappa shape index (κ3) is 3.68. The van der Waals surface area contributed by atoms with Crippen LogP contribution >= 0.6 is 12.4 Å². The lowest BCUT2D eigenvalue weighted by Gasteiger charge is -2.36. The predicted octanol–water partition coefficient (Wildman–Crippen LogP) is 2.03. The number of hydrogen-bond acceptors (Lipinski definition) is 4. The van der Waals surface area contributed by atoms with E-state index in [4.69, 9.17) is 5.11 Å². The molecule has 0 radical (unpaired) electrons. The lowest BCUT2D eigenvalue weighted by atomic mass is 10.0. The number of aromatic hydroxyl groups is 2. The molecule has 20 heavy (non-hydrogen) atoms. The Morgan fingerprint density at radius 3 is 2.25 bits per heavy atom. The van der Waals surface area contributed by atoms with Crippen LogP contribution in [0.3, 0.4) is 0 Å². The molecule has 114 valence electrons. The molecule has 3 N–H and O–H groups in total. The van der Waals surface area contributed by atoms with E-state index in [1.165, 1.54) is 4.90 Å². The van der Waals surface area contributed by atoms with Crippen molar-refractivity contribution in [1.29, 1.82) is 0 Å². The Balaban J connectivity index is 0.00000200. The summed E-state index contributed by atoms with van der Waals surface area (Å²) in [6.45, 7) is 1.46. The fourth-order valence-corrected chi connectivity index (χ4v) is 2.28. The van der Waals surface area contributed by atoms with Crippen LogP contribution in [0, 0.1) is 0 Å². The summed E-state index contributed by atoms with van der Waals surface area (Å²) in [6.07, 6.45) is -4.48. The fraction of sp³-hybridized carbons (Fsp3) is 0.500. The third-order valence-corrected chi connectivity index (χ3v) is 3.14. The van der Waals surface area contributed by atoms with Gasteiger partial charge in [0.2, 0.25) is 0 Å². The van der Waals surface area contributed by atoms with Crippen LogP contribution in [0.5, 0.6) is 11.5 Å². The van der Waals surface area contributed by atoms with Gasteiger partial charge in [0.1, 0.15) is 17.5 Å². The second-order valence-corrected chi connectivity index (χ2v) is 4.47. The second-order valence-electron chi connectivity index (χ2n) is 4.47. The zero-order valence-electron chi connectivity index (χ0n) is 10.5. The molecule has 1 atom stereocenters. The van der Waals surface area contributed by atoms with Crippen molar-refractivity contribution in [3.8, 4) is 11.5 Å². The quantitative estimate of drug-likeness (QED) is 0.782. The summed E-state index contributed by atoms with van der Waals surface area (Å²) < 4.78 is 39.7. The Bertz CT molecular complexity index is 451. The molecule has 1 aliphatic rings. The number of nitrogens with one attached hydrogen (secondary N) is 1. The summed E-state index contributed by atoms with van der Waals surface area (Å²) in [5, 5.41) is 21.8. The van der Waals surface area contributed by atoms with E-state index in [1.807, 2.05) is 0 Å². The molecule has 1 aromatic rings. The lowest BCUT2D eigenvalue weighted by molar-refractivity contribution is -0.188. The summed E-state index contributed by atoms with van der Waals surface area (Å²) in [5.41, 5.74) is -0.229. The second kappa shape index (κ2) is 6.51. The first-order valence-electron chi connectivity index (χ1n) is 5.93. The summed E-state index contributed by atoms with van der Waals surface area (Å²) in [6, 6.07) is 1.34. The van der Waals surface area contributed by atoms with Gasteiger partial charge < -0.3 is 15.5 Å². The van der Waals surface area contributed by atoms with Crippen LogP contribution in [-0.2, 0) is 0 Å². The Morgan fingerprint density at radius 2 is 1.75 bits per heavy atom. The normalized spacial score (nSPS) is 18.4. The molecule has 8 heteroatoms. The van der Waals surface area contributed by atoms with E-state index < -0.39 is 18.0 Å². The van der Waals surface area contributed by atoms with Crippen molar-refractivity contribution in [3.05, 3.63) is 23.8 Å². The smallest absolute Gasteiger partial charge is 0.408 e. The number of benzene rings is 1. The number of hydrogen-bond donors (Lipinski definition) is 3. The Hall–Kier alpha value is -1.18. The zero-order chi connectivity index (χ0) is 14.0. The first-order valence-corrected chi connectivity index (χ1v) is 5.93. The van der Waals surface area contributed by atoms with Gasteiger partial charge in [-0.05, 0) is 12.1 Å². The van der Waals surface area contributed by atoms with Gasteiger partial charge in [0.25, 0.3) is 0 Å². The van der Waals surface area contributed by atoms with Crippen LogP contribution < -0.4 is 5.32 Å². The van der Waals surface area contributed by atoms with Crippen LogP contribution in [0.2, 0.25) is 0 Å². The average molecular weight is 313 g/mol. The highest BCUT2D eigenvalue weighted by atomic mass is 35.5. The SMILES string of the molecule is Cl.Oc1ccc([C@H](N2CCNCC2)C(F)(F)F)c(O)c1. The van der Waals surface area contributed by atoms with Crippen molar-refractivity contribution in [2.24, 2.45) is 0 Å². The van der Waals surface area contributed by atoms with Gasteiger partial charge >= 0.3 is 6.18 Å². The standard InChI is InChI=1S/C12H15F3N2O2.ClH/c13-12(14,15)11(17-5-3-16-4-6-17)9-2-1-8(18)7-10(9)19;/h1-2,7,11,16,18-19H,3-6H2;1H/t11-;/m0./s1. The number of nitrogens with zero attached hydrogens (tertiary/aromatic N) is 1. The minimum Gasteiger partial charge on any atom is -0.508 e. The highest BCUT2D eigenvalue weighted by Crippen LogP contribution is 2.42. The van der Waals surface area contributed by atoms with Gasteiger partial charge in [0.15, 0.2) is 0 Å². The summed E-state index contributed by atoms with van der Waals surface area (Å²) in [4.78, 5) is 1.28. The van der Waals surface area contributed by atoms with Crippen LogP contribution in [0.15, 0.2) is 18.2 Å². The molecule has 2 rings (SSSR count). The maximum absolute atomic E-state index is 13.2. The molecule has 4 nitrogen and oxygen atoms in total.